The highest BCUT2D eigenvalue weighted by Gasteiger charge is 2.28. The zero-order valence-corrected chi connectivity index (χ0v) is 18.3. The Bertz CT molecular complexity index is 1080. The topological polar surface area (TPSA) is 68.0 Å². The van der Waals surface area contributed by atoms with Crippen LogP contribution in [0.2, 0.25) is 5.15 Å². The SMILES string of the molecule is Cc1cc(C(F)=Cc2ccc(SC(C)(C)C(=O)O)cc2)nn1Cc1ccc(Cl)nc1. The minimum absolute atomic E-state index is 0.250. The lowest BCUT2D eigenvalue weighted by atomic mass is 10.2. The van der Waals surface area contributed by atoms with Crippen molar-refractivity contribution >= 4 is 41.2 Å². The van der Waals surface area contributed by atoms with Crippen LogP contribution in [0.1, 0.15) is 36.4 Å². The smallest absolute Gasteiger partial charge is 0.319 e. The van der Waals surface area contributed by atoms with E-state index in [1.165, 1.54) is 17.8 Å². The number of carboxylic acid groups (broad SMARTS) is 1. The maximum atomic E-state index is 14.8. The minimum Gasteiger partial charge on any atom is -0.480 e. The van der Waals surface area contributed by atoms with Crippen LogP contribution in [0.4, 0.5) is 4.39 Å². The molecule has 3 rings (SSSR count). The molecule has 1 N–H and O–H groups in total. The van der Waals surface area contributed by atoms with Gasteiger partial charge in [0.25, 0.3) is 0 Å². The molecule has 0 aliphatic carbocycles. The number of pyridine rings is 1. The highest BCUT2D eigenvalue weighted by Crippen LogP contribution is 2.33. The van der Waals surface area contributed by atoms with Crippen LogP contribution in [0.25, 0.3) is 11.9 Å². The second kappa shape index (κ2) is 9.02. The number of halogens is 2. The van der Waals surface area contributed by atoms with Gasteiger partial charge in [0.1, 0.15) is 15.6 Å². The molecule has 0 saturated carbocycles. The second-order valence-electron chi connectivity index (χ2n) is 7.30. The summed E-state index contributed by atoms with van der Waals surface area (Å²) in [7, 11) is 0. The lowest BCUT2D eigenvalue weighted by molar-refractivity contribution is -0.138. The van der Waals surface area contributed by atoms with E-state index in [1.807, 2.05) is 13.0 Å². The van der Waals surface area contributed by atoms with E-state index in [9.17, 15) is 14.3 Å². The van der Waals surface area contributed by atoms with E-state index in [4.69, 9.17) is 11.6 Å². The highest BCUT2D eigenvalue weighted by atomic mass is 35.5. The monoisotopic (exact) mass is 445 g/mol. The van der Waals surface area contributed by atoms with Crippen LogP contribution < -0.4 is 0 Å². The molecule has 0 spiro atoms. The number of nitrogens with zero attached hydrogens (tertiary/aromatic N) is 3. The molecule has 5 nitrogen and oxygen atoms in total. The molecular formula is C22H21ClFN3O2S. The van der Waals surface area contributed by atoms with Gasteiger partial charge in [0.05, 0.1) is 6.54 Å². The highest BCUT2D eigenvalue weighted by molar-refractivity contribution is 8.01. The summed E-state index contributed by atoms with van der Waals surface area (Å²) < 4.78 is 15.5. The average molecular weight is 446 g/mol. The van der Waals surface area contributed by atoms with Crippen molar-refractivity contribution in [3.8, 4) is 0 Å². The van der Waals surface area contributed by atoms with E-state index in [0.29, 0.717) is 17.3 Å². The summed E-state index contributed by atoms with van der Waals surface area (Å²) in [5.41, 5.74) is 2.66. The molecule has 0 aliphatic rings. The van der Waals surface area contributed by atoms with Gasteiger partial charge < -0.3 is 5.11 Å². The zero-order valence-electron chi connectivity index (χ0n) is 16.8. The van der Waals surface area contributed by atoms with Crippen molar-refractivity contribution in [1.82, 2.24) is 14.8 Å². The first-order valence-electron chi connectivity index (χ1n) is 9.19. The standard InChI is InChI=1S/C22H21ClFN3O2S/c1-14-10-19(26-27(14)13-16-6-9-20(23)25-12-16)18(24)11-15-4-7-17(8-5-15)30-22(2,3)21(28)29/h4-12H,13H2,1-3H3,(H,28,29). The molecule has 0 aliphatic heterocycles. The van der Waals surface area contributed by atoms with E-state index < -0.39 is 16.5 Å². The Morgan fingerprint density at radius 1 is 1.27 bits per heavy atom. The Kier molecular flexibility index (Phi) is 6.63. The van der Waals surface area contributed by atoms with Gasteiger partial charge in [-0.05, 0) is 62.2 Å². The van der Waals surface area contributed by atoms with Crippen LogP contribution in [0, 0.1) is 6.92 Å². The van der Waals surface area contributed by atoms with E-state index >= 15 is 0 Å². The predicted octanol–water partition coefficient (Wildman–Crippen LogP) is 5.71. The lowest BCUT2D eigenvalue weighted by Gasteiger charge is -2.18. The molecule has 0 bridgehead atoms. The maximum Gasteiger partial charge on any atom is 0.319 e. The van der Waals surface area contributed by atoms with E-state index in [0.717, 1.165) is 16.2 Å². The molecule has 156 valence electrons. The van der Waals surface area contributed by atoms with E-state index in [-0.39, 0.29) is 5.69 Å². The Morgan fingerprint density at radius 2 is 1.97 bits per heavy atom. The van der Waals surface area contributed by atoms with E-state index in [2.05, 4.69) is 10.1 Å². The van der Waals surface area contributed by atoms with Gasteiger partial charge in [-0.3, -0.25) is 9.48 Å². The molecule has 2 aromatic heterocycles. The Balaban J connectivity index is 1.74. The van der Waals surface area contributed by atoms with Crippen molar-refractivity contribution in [1.29, 1.82) is 0 Å². The average Bonchev–Trinajstić information content (AvgIpc) is 3.05. The first kappa shape index (κ1) is 22.1. The maximum absolute atomic E-state index is 14.8. The first-order valence-corrected chi connectivity index (χ1v) is 10.4. The van der Waals surface area contributed by atoms with Gasteiger partial charge in [0.15, 0.2) is 5.83 Å². The third kappa shape index (κ3) is 5.49. The molecular weight excluding hydrogens is 425 g/mol. The molecule has 0 atom stereocenters. The van der Waals surface area contributed by atoms with Crippen molar-refractivity contribution in [3.05, 3.63) is 76.3 Å². The molecule has 0 fully saturated rings. The first-order chi connectivity index (χ1) is 14.1. The van der Waals surface area contributed by atoms with Crippen LogP contribution in [0.5, 0.6) is 0 Å². The summed E-state index contributed by atoms with van der Waals surface area (Å²) in [6, 6.07) is 12.3. The van der Waals surface area contributed by atoms with Crippen molar-refractivity contribution in [2.45, 2.75) is 37.0 Å². The molecule has 2 heterocycles. The number of aromatic nitrogens is 3. The third-order valence-electron chi connectivity index (χ3n) is 4.41. The fraction of sp³-hybridized carbons (Fsp3) is 0.227. The van der Waals surface area contributed by atoms with Crippen LogP contribution in [0.15, 0.2) is 53.6 Å². The normalized spacial score (nSPS) is 12.2. The quantitative estimate of drug-likeness (QED) is 0.372. The molecule has 1 aromatic carbocycles. The summed E-state index contributed by atoms with van der Waals surface area (Å²) in [5.74, 6) is -1.33. The van der Waals surface area contributed by atoms with Crippen LogP contribution in [0.3, 0.4) is 0 Å². The van der Waals surface area contributed by atoms with Gasteiger partial charge in [-0.25, -0.2) is 9.37 Å². The summed E-state index contributed by atoms with van der Waals surface area (Å²) in [6.45, 7) is 5.62. The molecule has 0 amide bonds. The third-order valence-corrected chi connectivity index (χ3v) is 5.82. The fourth-order valence-corrected chi connectivity index (χ4v) is 3.71. The summed E-state index contributed by atoms with van der Waals surface area (Å²) in [4.78, 5) is 16.1. The molecule has 0 saturated heterocycles. The predicted molar refractivity (Wildman–Crippen MR) is 118 cm³/mol. The molecule has 3 aromatic rings. The largest absolute Gasteiger partial charge is 0.480 e. The van der Waals surface area contributed by atoms with Crippen molar-refractivity contribution in [2.75, 3.05) is 0 Å². The van der Waals surface area contributed by atoms with Gasteiger partial charge in [-0.15, -0.1) is 11.8 Å². The van der Waals surface area contributed by atoms with Crippen molar-refractivity contribution < 1.29 is 14.3 Å². The van der Waals surface area contributed by atoms with Crippen LogP contribution in [-0.4, -0.2) is 30.6 Å². The van der Waals surface area contributed by atoms with Gasteiger partial charge in [0.2, 0.25) is 0 Å². The van der Waals surface area contributed by atoms with Gasteiger partial charge in [-0.1, -0.05) is 29.8 Å². The number of benzene rings is 1. The fourth-order valence-electron chi connectivity index (χ4n) is 2.65. The minimum atomic E-state index is -0.938. The number of hydrogen-bond acceptors (Lipinski definition) is 4. The van der Waals surface area contributed by atoms with Gasteiger partial charge >= 0.3 is 5.97 Å². The molecule has 8 heteroatoms. The Morgan fingerprint density at radius 3 is 2.57 bits per heavy atom. The summed E-state index contributed by atoms with van der Waals surface area (Å²) in [5, 5.41) is 14.0. The number of rotatable bonds is 7. The molecule has 0 unspecified atom stereocenters. The molecule has 0 radical (unpaired) electrons. The van der Waals surface area contributed by atoms with Crippen LogP contribution in [-0.2, 0) is 11.3 Å². The summed E-state index contributed by atoms with van der Waals surface area (Å²) >= 11 is 7.05. The number of hydrogen-bond donors (Lipinski definition) is 1. The Labute approximate surface area is 183 Å². The number of thioether (sulfide) groups is 1. The summed E-state index contributed by atoms with van der Waals surface area (Å²) in [6.07, 6.45) is 3.08. The zero-order chi connectivity index (χ0) is 21.9. The number of aliphatic carboxylic acids is 1. The van der Waals surface area contributed by atoms with Crippen molar-refractivity contribution in [2.24, 2.45) is 0 Å². The number of carbonyl (C=O) groups is 1. The second-order valence-corrected chi connectivity index (χ2v) is 9.38. The van der Waals surface area contributed by atoms with Crippen molar-refractivity contribution in [3.63, 3.8) is 0 Å². The Hall–Kier alpha value is -2.64. The lowest BCUT2D eigenvalue weighted by Crippen LogP contribution is -2.26. The van der Waals surface area contributed by atoms with E-state index in [1.54, 1.807) is 61.1 Å². The van der Waals surface area contributed by atoms with Gasteiger partial charge in [0, 0.05) is 16.8 Å². The number of aryl methyl sites for hydroxylation is 1. The van der Waals surface area contributed by atoms with Crippen LogP contribution >= 0.6 is 23.4 Å². The number of carboxylic acids is 1. The van der Waals surface area contributed by atoms with Gasteiger partial charge in [-0.2, -0.15) is 5.10 Å². The molecule has 30 heavy (non-hydrogen) atoms.